The van der Waals surface area contributed by atoms with Gasteiger partial charge in [-0.2, -0.15) is 0 Å². The van der Waals surface area contributed by atoms with E-state index in [1.807, 2.05) is 6.07 Å². The molecule has 2 N–H and O–H groups in total. The molecular formula is C23H20N2O5S. The maximum absolute atomic E-state index is 12.4. The summed E-state index contributed by atoms with van der Waals surface area (Å²) in [5.74, 6) is -1.53. The van der Waals surface area contributed by atoms with Crippen LogP contribution in [0.3, 0.4) is 0 Å². The van der Waals surface area contributed by atoms with Crippen LogP contribution >= 0.6 is 11.3 Å². The van der Waals surface area contributed by atoms with Crippen LogP contribution in [0.4, 0.5) is 0 Å². The number of carbonyl (C=O) groups excluding carboxylic acids is 4. The third-order valence-corrected chi connectivity index (χ3v) is 5.10. The van der Waals surface area contributed by atoms with Gasteiger partial charge in [-0.3, -0.25) is 19.2 Å². The highest BCUT2D eigenvalue weighted by atomic mass is 32.1. The van der Waals surface area contributed by atoms with Gasteiger partial charge in [0, 0.05) is 11.1 Å². The van der Waals surface area contributed by atoms with Gasteiger partial charge in [0.05, 0.1) is 11.4 Å². The van der Waals surface area contributed by atoms with Crippen LogP contribution in [0, 0.1) is 0 Å². The molecule has 0 bridgehead atoms. The predicted octanol–water partition coefficient (Wildman–Crippen LogP) is 2.57. The Kier molecular flexibility index (Phi) is 7.67. The Labute approximate surface area is 183 Å². The minimum Gasteiger partial charge on any atom is -0.460 e. The van der Waals surface area contributed by atoms with Crippen molar-refractivity contribution in [3.05, 3.63) is 93.7 Å². The fourth-order valence-electron chi connectivity index (χ4n) is 2.61. The van der Waals surface area contributed by atoms with Crippen molar-refractivity contribution < 1.29 is 23.9 Å². The van der Waals surface area contributed by atoms with E-state index in [4.69, 9.17) is 4.74 Å². The number of thiophene rings is 1. The Morgan fingerprint density at radius 3 is 2.16 bits per heavy atom. The predicted molar refractivity (Wildman–Crippen MR) is 116 cm³/mol. The van der Waals surface area contributed by atoms with E-state index in [1.54, 1.807) is 66.0 Å². The second-order valence-electron chi connectivity index (χ2n) is 6.49. The number of ketones is 1. The molecule has 2 amide bonds. The molecule has 0 unspecified atom stereocenters. The van der Waals surface area contributed by atoms with E-state index < -0.39 is 11.9 Å². The minimum atomic E-state index is -0.609. The number of ether oxygens (including phenoxy) is 1. The topological polar surface area (TPSA) is 102 Å². The fraction of sp³-hybridized carbons (Fsp3) is 0.130. The number of hydrogen-bond donors (Lipinski definition) is 2. The van der Waals surface area contributed by atoms with Crippen LogP contribution in [0.15, 0.2) is 72.1 Å². The van der Waals surface area contributed by atoms with E-state index >= 15 is 0 Å². The van der Waals surface area contributed by atoms with E-state index in [0.29, 0.717) is 21.6 Å². The van der Waals surface area contributed by atoms with Crippen LogP contribution in [-0.4, -0.2) is 36.7 Å². The molecule has 3 rings (SSSR count). The van der Waals surface area contributed by atoms with Gasteiger partial charge >= 0.3 is 5.97 Å². The van der Waals surface area contributed by atoms with Crippen molar-refractivity contribution in [2.24, 2.45) is 0 Å². The van der Waals surface area contributed by atoms with Crippen LogP contribution < -0.4 is 10.6 Å². The molecule has 0 aliphatic rings. The number of nitrogens with one attached hydrogen (secondary N) is 2. The summed E-state index contributed by atoms with van der Waals surface area (Å²) < 4.78 is 5.12. The van der Waals surface area contributed by atoms with Gasteiger partial charge in [-0.1, -0.05) is 60.7 Å². The van der Waals surface area contributed by atoms with Crippen LogP contribution in [0.1, 0.15) is 31.2 Å². The summed E-state index contributed by atoms with van der Waals surface area (Å²) in [4.78, 5) is 48.2. The first-order valence-electron chi connectivity index (χ1n) is 9.45. The third kappa shape index (κ3) is 6.61. The second-order valence-corrected chi connectivity index (χ2v) is 7.44. The van der Waals surface area contributed by atoms with Crippen molar-refractivity contribution in [3.63, 3.8) is 0 Å². The molecule has 1 heterocycles. The van der Waals surface area contributed by atoms with Gasteiger partial charge in [-0.15, -0.1) is 11.3 Å². The SMILES string of the molecule is O=C(CNC(=O)c1cccs1)NCC(=O)OCc1ccc(C(=O)c2ccccc2)cc1. The standard InChI is InChI=1S/C23H20N2O5S/c26-20(13-25-23(29)19-7-4-12-31-19)24-14-21(27)30-15-16-8-10-18(11-9-16)22(28)17-5-2-1-3-6-17/h1-12H,13-15H2,(H,24,26)(H,25,29). The Morgan fingerprint density at radius 2 is 1.48 bits per heavy atom. The Bertz CT molecular complexity index is 1050. The van der Waals surface area contributed by atoms with E-state index in [1.165, 1.54) is 11.3 Å². The molecule has 1 aromatic heterocycles. The normalized spacial score (nSPS) is 10.2. The van der Waals surface area contributed by atoms with Crippen LogP contribution in [0.2, 0.25) is 0 Å². The summed E-state index contributed by atoms with van der Waals surface area (Å²) in [6.07, 6.45) is 0. The molecule has 0 atom stereocenters. The molecule has 0 fully saturated rings. The van der Waals surface area contributed by atoms with Gasteiger partial charge in [0.25, 0.3) is 5.91 Å². The Hall–Kier alpha value is -3.78. The number of amides is 2. The lowest BCUT2D eigenvalue weighted by Crippen LogP contribution is -2.39. The van der Waals surface area contributed by atoms with Gasteiger partial charge in [0.15, 0.2) is 5.78 Å². The molecule has 0 saturated heterocycles. The average molecular weight is 436 g/mol. The van der Waals surface area contributed by atoms with Gasteiger partial charge in [-0.25, -0.2) is 0 Å². The number of benzene rings is 2. The van der Waals surface area contributed by atoms with Crippen molar-refractivity contribution in [1.82, 2.24) is 10.6 Å². The molecule has 158 valence electrons. The zero-order valence-corrected chi connectivity index (χ0v) is 17.3. The van der Waals surface area contributed by atoms with Gasteiger partial charge < -0.3 is 15.4 Å². The van der Waals surface area contributed by atoms with E-state index in [-0.39, 0.29) is 31.4 Å². The molecule has 0 radical (unpaired) electrons. The summed E-state index contributed by atoms with van der Waals surface area (Å²) in [5, 5.41) is 6.63. The molecular weight excluding hydrogens is 416 g/mol. The lowest BCUT2D eigenvalue weighted by molar-refractivity contribution is -0.145. The number of esters is 1. The first-order chi connectivity index (χ1) is 15.0. The van der Waals surface area contributed by atoms with E-state index in [2.05, 4.69) is 10.6 Å². The summed E-state index contributed by atoms with van der Waals surface area (Å²) in [7, 11) is 0. The van der Waals surface area contributed by atoms with Gasteiger partial charge in [0.2, 0.25) is 5.91 Å². The van der Waals surface area contributed by atoms with Crippen LogP contribution in [-0.2, 0) is 20.9 Å². The molecule has 2 aromatic carbocycles. The van der Waals surface area contributed by atoms with Crippen molar-refractivity contribution in [3.8, 4) is 0 Å². The molecule has 3 aromatic rings. The Morgan fingerprint density at radius 1 is 0.774 bits per heavy atom. The summed E-state index contributed by atoms with van der Waals surface area (Å²) in [5.41, 5.74) is 1.86. The summed E-state index contributed by atoms with van der Waals surface area (Å²) in [6, 6.07) is 19.1. The molecule has 31 heavy (non-hydrogen) atoms. The van der Waals surface area contributed by atoms with Crippen LogP contribution in [0.5, 0.6) is 0 Å². The largest absolute Gasteiger partial charge is 0.460 e. The zero-order valence-electron chi connectivity index (χ0n) is 16.5. The highest BCUT2D eigenvalue weighted by Crippen LogP contribution is 2.12. The Balaban J connectivity index is 1.38. The van der Waals surface area contributed by atoms with Crippen molar-refractivity contribution in [2.45, 2.75) is 6.61 Å². The highest BCUT2D eigenvalue weighted by molar-refractivity contribution is 7.12. The second kappa shape index (κ2) is 10.8. The summed E-state index contributed by atoms with van der Waals surface area (Å²) >= 11 is 1.27. The lowest BCUT2D eigenvalue weighted by atomic mass is 10.0. The monoisotopic (exact) mass is 436 g/mol. The molecule has 0 aliphatic heterocycles. The van der Waals surface area contributed by atoms with Crippen LogP contribution in [0.25, 0.3) is 0 Å². The number of hydrogen-bond acceptors (Lipinski definition) is 6. The molecule has 0 spiro atoms. The smallest absolute Gasteiger partial charge is 0.325 e. The van der Waals surface area contributed by atoms with Gasteiger partial charge in [0.1, 0.15) is 13.2 Å². The number of rotatable bonds is 9. The van der Waals surface area contributed by atoms with E-state index in [0.717, 1.165) is 0 Å². The van der Waals surface area contributed by atoms with Crippen molar-refractivity contribution in [1.29, 1.82) is 0 Å². The lowest BCUT2D eigenvalue weighted by Gasteiger charge is -2.08. The van der Waals surface area contributed by atoms with Gasteiger partial charge in [-0.05, 0) is 17.0 Å². The molecule has 7 nitrogen and oxygen atoms in total. The van der Waals surface area contributed by atoms with Crippen molar-refractivity contribution in [2.75, 3.05) is 13.1 Å². The third-order valence-electron chi connectivity index (χ3n) is 4.24. The number of carbonyl (C=O) groups is 4. The minimum absolute atomic E-state index is 0.0175. The fourth-order valence-corrected chi connectivity index (χ4v) is 3.25. The van der Waals surface area contributed by atoms with E-state index in [9.17, 15) is 19.2 Å². The highest BCUT2D eigenvalue weighted by Gasteiger charge is 2.11. The first kappa shape index (κ1) is 21.9. The maximum Gasteiger partial charge on any atom is 0.325 e. The van der Waals surface area contributed by atoms with Crippen molar-refractivity contribution >= 4 is 34.9 Å². The zero-order chi connectivity index (χ0) is 22.1. The molecule has 0 saturated carbocycles. The molecule has 8 heteroatoms. The summed E-state index contributed by atoms with van der Waals surface area (Å²) in [6.45, 7) is -0.525. The maximum atomic E-state index is 12.4. The first-order valence-corrected chi connectivity index (χ1v) is 10.3. The molecule has 0 aliphatic carbocycles. The quantitative estimate of drug-likeness (QED) is 0.397. The average Bonchev–Trinajstić information content (AvgIpc) is 3.35.